The molecule has 0 spiro atoms. The summed E-state index contributed by atoms with van der Waals surface area (Å²) >= 11 is 0. The summed E-state index contributed by atoms with van der Waals surface area (Å²) in [5, 5.41) is 3.39. The molecule has 2 rings (SSSR count). The van der Waals surface area contributed by atoms with Crippen LogP contribution in [0.25, 0.3) is 0 Å². The molecule has 1 saturated heterocycles. The molecule has 4 nitrogen and oxygen atoms in total. The maximum Gasteiger partial charge on any atom is 0.193 e. The van der Waals surface area contributed by atoms with Gasteiger partial charge in [0.05, 0.1) is 6.54 Å². The molecule has 1 N–H and O–H groups in total. The van der Waals surface area contributed by atoms with E-state index in [9.17, 15) is 0 Å². The molecule has 1 aliphatic heterocycles. The topological polar surface area (TPSA) is 36.9 Å². The summed E-state index contributed by atoms with van der Waals surface area (Å²) in [6, 6.07) is 8.17. The number of rotatable bonds is 4. The van der Waals surface area contributed by atoms with Gasteiger partial charge in [-0.3, -0.25) is 4.99 Å². The van der Waals surface area contributed by atoms with Crippen LogP contribution in [-0.2, 0) is 0 Å². The van der Waals surface area contributed by atoms with Crippen LogP contribution in [0.15, 0.2) is 29.3 Å². The molecule has 1 unspecified atom stereocenters. The minimum absolute atomic E-state index is 0.108. The molecule has 0 bridgehead atoms. The second kappa shape index (κ2) is 7.17. The lowest BCUT2D eigenvalue weighted by Gasteiger charge is -2.23. The fourth-order valence-electron chi connectivity index (χ4n) is 2.39. The maximum absolute atomic E-state index is 5.89. The van der Waals surface area contributed by atoms with Gasteiger partial charge < -0.3 is 15.0 Å². The molecule has 0 amide bonds. The number of aliphatic imine (C=N–C) groups is 1. The zero-order chi connectivity index (χ0) is 14.4. The lowest BCUT2D eigenvalue weighted by molar-refractivity contribution is 0.222. The number of aryl methyl sites for hydroxylation is 1. The Morgan fingerprint density at radius 3 is 2.55 bits per heavy atom. The number of hydrogen-bond acceptors (Lipinski definition) is 2. The fourth-order valence-corrected chi connectivity index (χ4v) is 2.39. The average Bonchev–Trinajstić information content (AvgIpc) is 2.96. The van der Waals surface area contributed by atoms with Gasteiger partial charge >= 0.3 is 0 Å². The van der Waals surface area contributed by atoms with Gasteiger partial charge in [-0.1, -0.05) is 17.7 Å². The third kappa shape index (κ3) is 4.15. The van der Waals surface area contributed by atoms with Crippen LogP contribution < -0.4 is 10.1 Å². The molecule has 0 saturated carbocycles. The van der Waals surface area contributed by atoms with E-state index in [2.05, 4.69) is 41.2 Å². The van der Waals surface area contributed by atoms with Crippen LogP contribution in [0.5, 0.6) is 5.75 Å². The molecule has 1 aliphatic rings. The predicted molar refractivity (Wildman–Crippen MR) is 83.4 cm³/mol. The van der Waals surface area contributed by atoms with Crippen molar-refractivity contribution in [1.29, 1.82) is 0 Å². The fraction of sp³-hybridized carbons (Fsp3) is 0.562. The van der Waals surface area contributed by atoms with Gasteiger partial charge in [-0.15, -0.1) is 0 Å². The number of ether oxygens (including phenoxy) is 1. The third-order valence-electron chi connectivity index (χ3n) is 3.52. The second-order valence-electron chi connectivity index (χ2n) is 5.36. The standard InChI is InChI=1S/C16H25N3O/c1-13-6-8-15(9-7-13)20-14(2)12-18-16(17-3)19-10-4-5-11-19/h6-9,14H,4-5,10-12H2,1-3H3,(H,17,18). The number of guanidine groups is 1. The third-order valence-corrected chi connectivity index (χ3v) is 3.52. The van der Waals surface area contributed by atoms with Crippen molar-refractivity contribution in [2.24, 2.45) is 4.99 Å². The Bertz CT molecular complexity index is 436. The maximum atomic E-state index is 5.89. The van der Waals surface area contributed by atoms with Gasteiger partial charge in [0, 0.05) is 20.1 Å². The van der Waals surface area contributed by atoms with E-state index < -0.39 is 0 Å². The molecule has 0 radical (unpaired) electrons. The van der Waals surface area contributed by atoms with E-state index in [1.807, 2.05) is 19.2 Å². The van der Waals surface area contributed by atoms with Crippen LogP contribution in [0.4, 0.5) is 0 Å². The molecule has 0 aromatic heterocycles. The van der Waals surface area contributed by atoms with Gasteiger partial charge in [0.25, 0.3) is 0 Å². The van der Waals surface area contributed by atoms with Gasteiger partial charge in [0.2, 0.25) is 0 Å². The Labute approximate surface area is 121 Å². The van der Waals surface area contributed by atoms with Crippen molar-refractivity contribution in [2.75, 3.05) is 26.7 Å². The Kier molecular flexibility index (Phi) is 5.27. The number of likely N-dealkylation sites (tertiary alicyclic amines) is 1. The molecular weight excluding hydrogens is 250 g/mol. The molecule has 110 valence electrons. The summed E-state index contributed by atoms with van der Waals surface area (Å²) in [6.07, 6.45) is 2.63. The number of nitrogens with zero attached hydrogens (tertiary/aromatic N) is 2. The monoisotopic (exact) mass is 275 g/mol. The van der Waals surface area contributed by atoms with E-state index in [0.29, 0.717) is 0 Å². The van der Waals surface area contributed by atoms with Crippen molar-refractivity contribution in [3.63, 3.8) is 0 Å². The minimum atomic E-state index is 0.108. The Hall–Kier alpha value is -1.71. The highest BCUT2D eigenvalue weighted by Crippen LogP contribution is 2.13. The molecule has 20 heavy (non-hydrogen) atoms. The van der Waals surface area contributed by atoms with Gasteiger partial charge in [-0.05, 0) is 38.8 Å². The van der Waals surface area contributed by atoms with E-state index >= 15 is 0 Å². The highest BCUT2D eigenvalue weighted by atomic mass is 16.5. The summed E-state index contributed by atoms with van der Waals surface area (Å²) in [5.41, 5.74) is 1.25. The Morgan fingerprint density at radius 2 is 1.95 bits per heavy atom. The summed E-state index contributed by atoms with van der Waals surface area (Å²) in [7, 11) is 1.84. The molecule has 1 aromatic rings. The molecule has 1 aromatic carbocycles. The van der Waals surface area contributed by atoms with E-state index in [0.717, 1.165) is 31.3 Å². The largest absolute Gasteiger partial charge is 0.489 e. The first-order valence-electron chi connectivity index (χ1n) is 7.38. The number of hydrogen-bond donors (Lipinski definition) is 1. The average molecular weight is 275 g/mol. The molecule has 4 heteroatoms. The van der Waals surface area contributed by atoms with Gasteiger partial charge in [-0.25, -0.2) is 0 Å². The van der Waals surface area contributed by atoms with E-state index in [-0.39, 0.29) is 6.10 Å². The van der Waals surface area contributed by atoms with Gasteiger partial charge in [-0.2, -0.15) is 0 Å². The molecule has 1 fully saturated rings. The normalized spacial score (nSPS) is 17.1. The van der Waals surface area contributed by atoms with Crippen LogP contribution in [0.2, 0.25) is 0 Å². The SMILES string of the molecule is CN=C(NCC(C)Oc1ccc(C)cc1)N1CCCC1. The van der Waals surface area contributed by atoms with E-state index in [1.54, 1.807) is 0 Å². The quantitative estimate of drug-likeness (QED) is 0.677. The number of benzene rings is 1. The summed E-state index contributed by atoms with van der Waals surface area (Å²) in [6.45, 7) is 7.12. The molecular formula is C16H25N3O. The molecule has 1 heterocycles. The van der Waals surface area contributed by atoms with Crippen molar-refractivity contribution < 1.29 is 4.74 Å². The highest BCUT2D eigenvalue weighted by Gasteiger charge is 2.16. The Morgan fingerprint density at radius 1 is 1.30 bits per heavy atom. The summed E-state index contributed by atoms with van der Waals surface area (Å²) < 4.78 is 5.89. The van der Waals surface area contributed by atoms with Crippen LogP contribution in [0.1, 0.15) is 25.3 Å². The Balaban J connectivity index is 1.79. The highest BCUT2D eigenvalue weighted by molar-refractivity contribution is 5.80. The first-order chi connectivity index (χ1) is 9.69. The molecule has 1 atom stereocenters. The second-order valence-corrected chi connectivity index (χ2v) is 5.36. The first kappa shape index (κ1) is 14.7. The van der Waals surface area contributed by atoms with Crippen molar-refractivity contribution in [1.82, 2.24) is 10.2 Å². The van der Waals surface area contributed by atoms with E-state index in [1.165, 1.54) is 18.4 Å². The zero-order valence-electron chi connectivity index (χ0n) is 12.7. The number of nitrogens with one attached hydrogen (secondary N) is 1. The summed E-state index contributed by atoms with van der Waals surface area (Å²) in [5.74, 6) is 1.91. The van der Waals surface area contributed by atoms with Gasteiger partial charge in [0.1, 0.15) is 11.9 Å². The van der Waals surface area contributed by atoms with Crippen molar-refractivity contribution in [3.8, 4) is 5.75 Å². The van der Waals surface area contributed by atoms with E-state index in [4.69, 9.17) is 4.74 Å². The smallest absolute Gasteiger partial charge is 0.193 e. The zero-order valence-corrected chi connectivity index (χ0v) is 12.7. The van der Waals surface area contributed by atoms with Crippen LogP contribution in [0, 0.1) is 6.92 Å². The lowest BCUT2D eigenvalue weighted by atomic mass is 10.2. The van der Waals surface area contributed by atoms with Crippen molar-refractivity contribution in [2.45, 2.75) is 32.8 Å². The van der Waals surface area contributed by atoms with Crippen LogP contribution >= 0.6 is 0 Å². The molecule has 0 aliphatic carbocycles. The first-order valence-corrected chi connectivity index (χ1v) is 7.38. The lowest BCUT2D eigenvalue weighted by Crippen LogP contribution is -2.43. The predicted octanol–water partition coefficient (Wildman–Crippen LogP) is 2.43. The minimum Gasteiger partial charge on any atom is -0.489 e. The van der Waals surface area contributed by atoms with Crippen LogP contribution in [0.3, 0.4) is 0 Å². The summed E-state index contributed by atoms with van der Waals surface area (Å²) in [4.78, 5) is 6.64. The van der Waals surface area contributed by atoms with Gasteiger partial charge in [0.15, 0.2) is 5.96 Å². The van der Waals surface area contributed by atoms with Crippen LogP contribution in [-0.4, -0.2) is 43.6 Å². The van der Waals surface area contributed by atoms with Crippen molar-refractivity contribution >= 4 is 5.96 Å². The van der Waals surface area contributed by atoms with Crippen molar-refractivity contribution in [3.05, 3.63) is 29.8 Å².